The smallest absolute Gasteiger partial charge is 0.208 e. The van der Waals surface area contributed by atoms with E-state index in [0.29, 0.717) is 10.8 Å². The van der Waals surface area contributed by atoms with E-state index in [2.05, 4.69) is 11.6 Å². The summed E-state index contributed by atoms with van der Waals surface area (Å²) in [6.45, 7) is 2.11. The van der Waals surface area contributed by atoms with Crippen molar-refractivity contribution in [1.82, 2.24) is 4.72 Å². The largest absolute Gasteiger partial charge is 0.240 e. The van der Waals surface area contributed by atoms with Crippen molar-refractivity contribution >= 4 is 21.6 Å². The van der Waals surface area contributed by atoms with Gasteiger partial charge in [0, 0.05) is 11.9 Å². The summed E-state index contributed by atoms with van der Waals surface area (Å²) in [5, 5.41) is 0. The molecular weight excluding hydrogens is 294 g/mol. The first-order chi connectivity index (χ1) is 9.56. The predicted molar refractivity (Wildman–Crippen MR) is 82.6 cm³/mol. The molecule has 3 nitrogen and oxygen atoms in total. The maximum absolute atomic E-state index is 12.4. The van der Waals surface area contributed by atoms with Crippen LogP contribution in [0, 0.1) is 5.92 Å². The number of rotatable bonds is 6. The number of sulfonamides is 1. The van der Waals surface area contributed by atoms with E-state index in [-0.39, 0.29) is 12.0 Å². The van der Waals surface area contributed by atoms with Crippen molar-refractivity contribution in [2.75, 3.05) is 5.88 Å². The molecular formula is C15H22ClNO2S. The van der Waals surface area contributed by atoms with Gasteiger partial charge in [-0.15, -0.1) is 11.6 Å². The Morgan fingerprint density at radius 2 is 1.95 bits per heavy atom. The van der Waals surface area contributed by atoms with Crippen molar-refractivity contribution in [3.8, 4) is 0 Å². The zero-order valence-corrected chi connectivity index (χ0v) is 13.4. The first-order valence-corrected chi connectivity index (χ1v) is 9.26. The molecule has 1 N–H and O–H groups in total. The molecule has 1 aromatic carbocycles. The van der Waals surface area contributed by atoms with Gasteiger partial charge >= 0.3 is 0 Å². The van der Waals surface area contributed by atoms with Crippen molar-refractivity contribution in [2.45, 2.75) is 50.0 Å². The average Bonchev–Trinajstić information content (AvgIpc) is 2.86. The van der Waals surface area contributed by atoms with Crippen LogP contribution in [-0.4, -0.2) is 20.3 Å². The van der Waals surface area contributed by atoms with Gasteiger partial charge in [0.1, 0.15) is 0 Å². The van der Waals surface area contributed by atoms with E-state index in [1.54, 1.807) is 12.1 Å². The quantitative estimate of drug-likeness (QED) is 0.818. The minimum atomic E-state index is -3.43. The van der Waals surface area contributed by atoms with Gasteiger partial charge in [-0.3, -0.25) is 0 Å². The number of hydrogen-bond donors (Lipinski definition) is 1. The summed E-state index contributed by atoms with van der Waals surface area (Å²) in [7, 11) is -3.43. The lowest BCUT2D eigenvalue weighted by atomic mass is 10.1. The second-order valence-corrected chi connectivity index (χ2v) is 7.49. The monoisotopic (exact) mass is 315 g/mol. The van der Waals surface area contributed by atoms with Crippen molar-refractivity contribution in [2.24, 2.45) is 5.92 Å². The number of aryl methyl sites for hydroxylation is 1. The van der Waals surface area contributed by atoms with Crippen LogP contribution in [0.2, 0.25) is 0 Å². The Hall–Kier alpha value is -0.580. The molecule has 0 amide bonds. The SMILES string of the molecule is CCCc1ccc(S(=O)(=O)NC2CCCC2CCl)cc1. The number of halogens is 1. The zero-order chi connectivity index (χ0) is 14.6. The minimum Gasteiger partial charge on any atom is -0.208 e. The minimum absolute atomic E-state index is 0.0205. The summed E-state index contributed by atoms with van der Waals surface area (Å²) in [6.07, 6.45) is 4.96. The molecule has 2 rings (SSSR count). The summed E-state index contributed by atoms with van der Waals surface area (Å²) >= 11 is 5.90. The first kappa shape index (κ1) is 15.8. The summed E-state index contributed by atoms with van der Waals surface area (Å²) in [6, 6.07) is 7.15. The van der Waals surface area contributed by atoms with Crippen LogP contribution in [0.4, 0.5) is 0 Å². The lowest BCUT2D eigenvalue weighted by Gasteiger charge is -2.19. The van der Waals surface area contributed by atoms with Gasteiger partial charge in [-0.25, -0.2) is 13.1 Å². The molecule has 5 heteroatoms. The zero-order valence-electron chi connectivity index (χ0n) is 11.8. The normalized spacial score (nSPS) is 23.1. The molecule has 1 saturated carbocycles. The van der Waals surface area contributed by atoms with E-state index in [4.69, 9.17) is 11.6 Å². The third-order valence-corrected chi connectivity index (χ3v) is 5.84. The molecule has 0 spiro atoms. The Balaban J connectivity index is 2.09. The molecule has 1 aliphatic carbocycles. The lowest BCUT2D eigenvalue weighted by molar-refractivity contribution is 0.480. The maximum atomic E-state index is 12.4. The van der Waals surface area contributed by atoms with Gasteiger partial charge in [0.05, 0.1) is 4.90 Å². The van der Waals surface area contributed by atoms with Gasteiger partial charge in [0.15, 0.2) is 0 Å². The van der Waals surface area contributed by atoms with Crippen molar-refractivity contribution < 1.29 is 8.42 Å². The predicted octanol–water partition coefficient (Wildman–Crippen LogP) is 3.32. The first-order valence-electron chi connectivity index (χ1n) is 7.24. The number of benzene rings is 1. The molecule has 1 fully saturated rings. The van der Waals surface area contributed by atoms with E-state index < -0.39 is 10.0 Å². The van der Waals surface area contributed by atoms with Crippen molar-refractivity contribution in [3.05, 3.63) is 29.8 Å². The molecule has 0 bridgehead atoms. The van der Waals surface area contributed by atoms with Crippen LogP contribution >= 0.6 is 11.6 Å². The Bertz CT molecular complexity index is 527. The third-order valence-electron chi connectivity index (χ3n) is 3.94. The molecule has 0 aromatic heterocycles. The van der Waals surface area contributed by atoms with Gasteiger partial charge in [0.2, 0.25) is 10.0 Å². The number of nitrogens with one attached hydrogen (secondary N) is 1. The molecule has 1 aliphatic rings. The van der Waals surface area contributed by atoms with Crippen LogP contribution in [0.15, 0.2) is 29.2 Å². The van der Waals surface area contributed by atoms with Crippen molar-refractivity contribution in [1.29, 1.82) is 0 Å². The topological polar surface area (TPSA) is 46.2 Å². The fourth-order valence-electron chi connectivity index (χ4n) is 2.77. The lowest BCUT2D eigenvalue weighted by Crippen LogP contribution is -2.37. The standard InChI is InChI=1S/C15H22ClNO2S/c1-2-4-12-7-9-14(10-8-12)20(18,19)17-15-6-3-5-13(15)11-16/h7-10,13,15,17H,2-6,11H2,1H3. The molecule has 20 heavy (non-hydrogen) atoms. The van der Waals surface area contributed by atoms with Crippen molar-refractivity contribution in [3.63, 3.8) is 0 Å². The maximum Gasteiger partial charge on any atom is 0.240 e. The summed E-state index contributed by atoms with van der Waals surface area (Å²) in [5.41, 5.74) is 1.17. The Kier molecular flexibility index (Phi) is 5.47. The third kappa shape index (κ3) is 3.74. The highest BCUT2D eigenvalue weighted by Gasteiger charge is 2.30. The highest BCUT2D eigenvalue weighted by Crippen LogP contribution is 2.28. The Labute approximate surface area is 126 Å². The second-order valence-electron chi connectivity index (χ2n) is 5.47. The molecule has 112 valence electrons. The molecule has 0 aliphatic heterocycles. The highest BCUT2D eigenvalue weighted by molar-refractivity contribution is 7.89. The van der Waals surface area contributed by atoms with Crippen LogP contribution in [-0.2, 0) is 16.4 Å². The van der Waals surface area contributed by atoms with Crippen LogP contribution in [0.1, 0.15) is 38.2 Å². The van der Waals surface area contributed by atoms with E-state index in [1.165, 1.54) is 5.56 Å². The van der Waals surface area contributed by atoms with Gasteiger partial charge < -0.3 is 0 Å². The van der Waals surface area contributed by atoms with Crippen LogP contribution in [0.3, 0.4) is 0 Å². The Morgan fingerprint density at radius 1 is 1.25 bits per heavy atom. The van der Waals surface area contributed by atoms with E-state index in [9.17, 15) is 8.42 Å². The molecule has 2 atom stereocenters. The summed E-state index contributed by atoms with van der Waals surface area (Å²) in [4.78, 5) is 0.345. The molecule has 0 heterocycles. The van der Waals surface area contributed by atoms with Crippen LogP contribution in [0.25, 0.3) is 0 Å². The fraction of sp³-hybridized carbons (Fsp3) is 0.600. The van der Waals surface area contributed by atoms with E-state index in [1.807, 2.05) is 12.1 Å². The molecule has 1 aromatic rings. The number of hydrogen-bond acceptors (Lipinski definition) is 2. The second kappa shape index (κ2) is 6.92. The Morgan fingerprint density at radius 3 is 2.55 bits per heavy atom. The molecule has 0 radical (unpaired) electrons. The number of alkyl halides is 1. The van der Waals surface area contributed by atoms with Gasteiger partial charge in [-0.1, -0.05) is 31.9 Å². The summed E-state index contributed by atoms with van der Waals surface area (Å²) in [5.74, 6) is 0.772. The van der Waals surface area contributed by atoms with E-state index in [0.717, 1.165) is 32.1 Å². The van der Waals surface area contributed by atoms with Gasteiger partial charge in [0.25, 0.3) is 0 Å². The summed E-state index contributed by atoms with van der Waals surface area (Å²) < 4.78 is 27.5. The van der Waals surface area contributed by atoms with Gasteiger partial charge in [-0.05, 0) is 42.9 Å². The fourth-order valence-corrected chi connectivity index (χ4v) is 4.48. The highest BCUT2D eigenvalue weighted by atomic mass is 35.5. The molecule has 2 unspecified atom stereocenters. The van der Waals surface area contributed by atoms with Crippen LogP contribution < -0.4 is 4.72 Å². The average molecular weight is 316 g/mol. The molecule has 0 saturated heterocycles. The van der Waals surface area contributed by atoms with E-state index >= 15 is 0 Å². The van der Waals surface area contributed by atoms with Crippen LogP contribution in [0.5, 0.6) is 0 Å². The van der Waals surface area contributed by atoms with Gasteiger partial charge in [-0.2, -0.15) is 0 Å².